The lowest BCUT2D eigenvalue weighted by atomic mass is 10.0. The lowest BCUT2D eigenvalue weighted by molar-refractivity contribution is -0.663. The fourth-order valence-electron chi connectivity index (χ4n) is 4.22. The number of hydrogen-bond acceptors (Lipinski definition) is 13. The van der Waals surface area contributed by atoms with Crippen LogP contribution in [0.25, 0.3) is 10.2 Å². The molecule has 1 unspecified atom stereocenters. The number of nitrogens with zero attached hydrogens (tertiary/aromatic N) is 5. The average molecular weight is 589 g/mol. The maximum absolute atomic E-state index is 13.1. The summed E-state index contributed by atoms with van der Waals surface area (Å²) >= 11 is 2.89. The molecule has 208 valence electrons. The Kier molecular flexibility index (Phi) is 7.65. The van der Waals surface area contributed by atoms with Crippen molar-refractivity contribution in [2.45, 2.75) is 24.9 Å². The number of fused-ring (bicyclic) bond motifs is 2. The van der Waals surface area contributed by atoms with Crippen LogP contribution in [0.1, 0.15) is 12.7 Å². The quantitative estimate of drug-likeness (QED) is 0.0932. The summed E-state index contributed by atoms with van der Waals surface area (Å²) in [7, 11) is 0. The van der Waals surface area contributed by atoms with Gasteiger partial charge in [0, 0.05) is 23.5 Å². The lowest BCUT2D eigenvalue weighted by Gasteiger charge is -2.49. The summed E-state index contributed by atoms with van der Waals surface area (Å²) in [6.07, 6.45) is 1.86. The van der Waals surface area contributed by atoms with Crippen molar-refractivity contribution >= 4 is 68.8 Å². The van der Waals surface area contributed by atoms with Crippen molar-refractivity contribution in [1.29, 1.82) is 0 Å². The maximum Gasteiger partial charge on any atom is 0.352 e. The molecule has 2 amide bonds. The molecule has 0 spiro atoms. The van der Waals surface area contributed by atoms with E-state index in [0.717, 1.165) is 10.2 Å². The van der Waals surface area contributed by atoms with Gasteiger partial charge in [-0.2, -0.15) is 9.55 Å². The first kappa shape index (κ1) is 27.1. The van der Waals surface area contributed by atoms with Gasteiger partial charge in [-0.3, -0.25) is 14.5 Å². The van der Waals surface area contributed by atoms with Crippen LogP contribution in [0.5, 0.6) is 0 Å². The number of amides is 2. The molecule has 3 aromatic rings. The summed E-state index contributed by atoms with van der Waals surface area (Å²) in [5, 5.41) is 21.0. The molecule has 5 rings (SSSR count). The van der Waals surface area contributed by atoms with Gasteiger partial charge in [-0.25, -0.2) is 9.59 Å². The Labute approximate surface area is 233 Å². The third-order valence-electron chi connectivity index (χ3n) is 5.91. The van der Waals surface area contributed by atoms with Crippen LogP contribution in [0.3, 0.4) is 0 Å². The van der Waals surface area contributed by atoms with Gasteiger partial charge < -0.3 is 30.3 Å². The van der Waals surface area contributed by atoms with Gasteiger partial charge >= 0.3 is 18.0 Å². The molecule has 0 radical (unpaired) electrons. The molecule has 15 nitrogen and oxygen atoms in total. The Balaban J connectivity index is 1.34. The molecule has 40 heavy (non-hydrogen) atoms. The first-order valence-electron chi connectivity index (χ1n) is 11.8. The third-order valence-corrected chi connectivity index (χ3v) is 8.12. The molecule has 2 aliphatic heterocycles. The van der Waals surface area contributed by atoms with Gasteiger partial charge in [0.25, 0.3) is 11.8 Å². The number of nitrogen functional groups attached to an aromatic ring is 1. The zero-order valence-corrected chi connectivity index (χ0v) is 22.4. The largest absolute Gasteiger partial charge is 0.477 e. The van der Waals surface area contributed by atoms with Gasteiger partial charge in [-0.05, 0) is 18.4 Å². The number of β-lactam (4-membered cyclic amide) rings is 1. The second-order valence-corrected chi connectivity index (χ2v) is 10.5. The number of thioether (sulfide) groups is 1. The number of hydrogen-bond donors (Lipinski definition) is 3. The van der Waals surface area contributed by atoms with E-state index in [9.17, 15) is 24.3 Å². The number of carbonyl (C=O) groups is 4. The van der Waals surface area contributed by atoms with E-state index in [1.165, 1.54) is 16.7 Å². The number of oxime groups is 1. The molecule has 5 heterocycles. The van der Waals surface area contributed by atoms with Crippen LogP contribution in [-0.2, 0) is 35.3 Å². The maximum atomic E-state index is 13.1. The standard InChI is InChI=1S/C23H21N7O8S2/c1-2-36-14(31)9-37-27-15(18-26-23(24)38-28-18)19(32)25-16-20(33)30-17(22(34)35)11(10-40-21(16)30)8-29-6-3-4-13-12(29)5-7-39-13/h3-7,16,21H,2,8-10H2,1H3,(H3-,24,25,26,28,32,34,35)/p+1/b27-15+/t16?,21-/m1/s1. The predicted octanol–water partition coefficient (Wildman–Crippen LogP) is -0.123. The number of esters is 1. The Hall–Kier alpha value is -4.51. The van der Waals surface area contributed by atoms with Crippen molar-refractivity contribution in [3.63, 3.8) is 0 Å². The molecule has 0 aliphatic carbocycles. The first-order valence-corrected chi connectivity index (χ1v) is 13.7. The van der Waals surface area contributed by atoms with Gasteiger partial charge in [0.15, 0.2) is 12.7 Å². The molecule has 1 saturated heterocycles. The van der Waals surface area contributed by atoms with Gasteiger partial charge in [0.2, 0.25) is 23.7 Å². The number of anilines is 1. The number of pyridine rings is 1. The van der Waals surface area contributed by atoms with Crippen LogP contribution < -0.4 is 15.6 Å². The molecule has 0 bridgehead atoms. The average Bonchev–Trinajstić information content (AvgIpc) is 3.59. The summed E-state index contributed by atoms with van der Waals surface area (Å²) in [5.41, 5.74) is 6.34. The van der Waals surface area contributed by atoms with Crippen LogP contribution in [0, 0.1) is 0 Å². The number of ether oxygens (including phenoxy) is 1. The molecule has 0 saturated carbocycles. The van der Waals surface area contributed by atoms with Crippen LogP contribution in [0.4, 0.5) is 6.01 Å². The van der Waals surface area contributed by atoms with Gasteiger partial charge in [-0.1, -0.05) is 10.3 Å². The van der Waals surface area contributed by atoms with Crippen molar-refractivity contribution in [2.24, 2.45) is 5.16 Å². The second-order valence-electron chi connectivity index (χ2n) is 8.40. The normalized spacial score (nSPS) is 18.8. The summed E-state index contributed by atoms with van der Waals surface area (Å²) in [4.78, 5) is 59.9. The summed E-state index contributed by atoms with van der Waals surface area (Å²) < 4.78 is 12.4. The number of aliphatic carboxylic acids is 1. The Bertz CT molecular complexity index is 1570. The van der Waals surface area contributed by atoms with Gasteiger partial charge in [-0.15, -0.1) is 23.1 Å². The highest BCUT2D eigenvalue weighted by molar-refractivity contribution is 8.00. The number of thiophene rings is 1. The van der Waals surface area contributed by atoms with E-state index in [4.69, 9.17) is 19.8 Å². The number of nitrogens with two attached hydrogens (primary N) is 1. The number of nitrogens with one attached hydrogen (secondary N) is 1. The van der Waals surface area contributed by atoms with Crippen LogP contribution in [0.2, 0.25) is 0 Å². The van der Waals surface area contributed by atoms with E-state index in [0.29, 0.717) is 11.3 Å². The number of carbonyl (C=O) groups excluding carboxylic acids is 3. The van der Waals surface area contributed by atoms with Gasteiger partial charge in [0.1, 0.15) is 17.1 Å². The highest BCUT2D eigenvalue weighted by atomic mass is 32.2. The summed E-state index contributed by atoms with van der Waals surface area (Å²) in [5.74, 6) is -3.52. The zero-order chi connectivity index (χ0) is 28.4. The summed E-state index contributed by atoms with van der Waals surface area (Å²) in [6, 6.07) is 4.39. The van der Waals surface area contributed by atoms with E-state index in [1.54, 1.807) is 18.3 Å². The second kappa shape index (κ2) is 11.3. The topological polar surface area (TPSA) is 203 Å². The highest BCUT2D eigenvalue weighted by Crippen LogP contribution is 2.40. The van der Waals surface area contributed by atoms with E-state index in [1.807, 2.05) is 34.3 Å². The van der Waals surface area contributed by atoms with Gasteiger partial charge in [0.05, 0.1) is 11.3 Å². The van der Waals surface area contributed by atoms with Crippen LogP contribution in [0.15, 0.2) is 50.7 Å². The fourth-order valence-corrected chi connectivity index (χ4v) is 6.36. The highest BCUT2D eigenvalue weighted by Gasteiger charge is 2.55. The molecule has 4 N–H and O–H groups in total. The number of carboxylic acids is 1. The zero-order valence-electron chi connectivity index (χ0n) is 20.8. The fraction of sp³-hybridized carbons (Fsp3) is 0.304. The number of aromatic nitrogens is 3. The lowest BCUT2D eigenvalue weighted by Crippen LogP contribution is -2.71. The third kappa shape index (κ3) is 5.20. The Morgan fingerprint density at radius 1 is 1.38 bits per heavy atom. The van der Waals surface area contributed by atoms with Crippen LogP contribution in [-0.4, -0.2) is 80.0 Å². The molecule has 0 aromatic carbocycles. The molecular formula is C23H22N7O8S2+. The molecule has 17 heteroatoms. The number of rotatable bonds is 10. The monoisotopic (exact) mass is 588 g/mol. The predicted molar refractivity (Wildman–Crippen MR) is 140 cm³/mol. The molecule has 2 atom stereocenters. The van der Waals surface area contributed by atoms with E-state index in [-0.39, 0.29) is 30.7 Å². The minimum atomic E-state index is -1.24. The Morgan fingerprint density at radius 3 is 2.92 bits per heavy atom. The minimum absolute atomic E-state index is 0.114. The van der Waals surface area contributed by atoms with E-state index >= 15 is 0 Å². The van der Waals surface area contributed by atoms with Crippen molar-refractivity contribution in [3.05, 3.63) is 46.9 Å². The van der Waals surface area contributed by atoms with E-state index in [2.05, 4.69) is 20.6 Å². The van der Waals surface area contributed by atoms with Crippen molar-refractivity contribution in [1.82, 2.24) is 20.4 Å². The van der Waals surface area contributed by atoms with Crippen molar-refractivity contribution in [2.75, 3.05) is 24.7 Å². The molecule has 1 fully saturated rings. The van der Waals surface area contributed by atoms with Crippen molar-refractivity contribution in [3.8, 4) is 0 Å². The molecule has 2 aliphatic rings. The first-order chi connectivity index (χ1) is 19.3. The minimum Gasteiger partial charge on any atom is -0.477 e. The van der Waals surface area contributed by atoms with Crippen LogP contribution >= 0.6 is 23.1 Å². The van der Waals surface area contributed by atoms with E-state index < -0.39 is 47.5 Å². The molecule has 3 aromatic heterocycles. The van der Waals surface area contributed by atoms with Crippen molar-refractivity contribution < 1.29 is 42.9 Å². The Morgan fingerprint density at radius 2 is 2.20 bits per heavy atom. The number of carboxylic acid groups (broad SMARTS) is 1. The summed E-state index contributed by atoms with van der Waals surface area (Å²) in [6.45, 7) is 1.42. The molecular weight excluding hydrogens is 566 g/mol. The SMILES string of the molecule is CCOC(=O)CO/N=C(/C(=O)NC1C(=O)N2C(C(=O)O)=C(C[n+]3cccc4sccc43)CS[C@H]12)c1noc(N)n1. The smallest absolute Gasteiger partial charge is 0.352 e.